The van der Waals surface area contributed by atoms with Gasteiger partial charge in [0.2, 0.25) is 0 Å². The molecule has 15 heavy (non-hydrogen) atoms. The van der Waals surface area contributed by atoms with Crippen LogP contribution >= 0.6 is 0 Å². The summed E-state index contributed by atoms with van der Waals surface area (Å²) >= 11 is 0. The van der Waals surface area contributed by atoms with Crippen molar-refractivity contribution in [3.63, 3.8) is 0 Å². The fourth-order valence-electron chi connectivity index (χ4n) is 1.86. The van der Waals surface area contributed by atoms with Crippen molar-refractivity contribution in [1.29, 1.82) is 0 Å². The van der Waals surface area contributed by atoms with Crippen LogP contribution in [0, 0.1) is 6.92 Å². The molecule has 1 unspecified atom stereocenters. The highest BCUT2D eigenvalue weighted by molar-refractivity contribution is 5.15. The van der Waals surface area contributed by atoms with Gasteiger partial charge in [-0.05, 0) is 19.9 Å². The molecule has 1 aromatic rings. The molecule has 1 aromatic heterocycles. The number of hydrogen-bond acceptors (Lipinski definition) is 3. The van der Waals surface area contributed by atoms with Crippen LogP contribution in [0.2, 0.25) is 0 Å². The first kappa shape index (κ1) is 10.5. The third kappa shape index (κ3) is 2.02. The van der Waals surface area contributed by atoms with Gasteiger partial charge in [-0.15, -0.1) is 0 Å². The molecular formula is C10H14F2N2O. The van der Waals surface area contributed by atoms with Gasteiger partial charge < -0.3 is 9.73 Å². The van der Waals surface area contributed by atoms with Gasteiger partial charge in [0.05, 0.1) is 5.69 Å². The zero-order valence-corrected chi connectivity index (χ0v) is 8.81. The van der Waals surface area contributed by atoms with Gasteiger partial charge in [-0.25, -0.2) is 4.98 Å². The molecule has 0 bridgehead atoms. The summed E-state index contributed by atoms with van der Waals surface area (Å²) in [5, 5.41) is 3.15. The zero-order valence-electron chi connectivity index (χ0n) is 8.81. The molecule has 1 saturated heterocycles. The Morgan fingerprint density at radius 1 is 1.53 bits per heavy atom. The summed E-state index contributed by atoms with van der Waals surface area (Å²) in [5.74, 6) is -2.67. The highest BCUT2D eigenvalue weighted by atomic mass is 19.3. The van der Waals surface area contributed by atoms with Gasteiger partial charge in [-0.2, -0.15) is 8.78 Å². The zero-order chi connectivity index (χ0) is 11.1. The minimum absolute atomic E-state index is 0.139. The molecule has 0 amide bonds. The van der Waals surface area contributed by atoms with E-state index >= 15 is 0 Å². The van der Waals surface area contributed by atoms with Crippen LogP contribution in [-0.2, 0) is 5.92 Å². The fourth-order valence-corrected chi connectivity index (χ4v) is 1.86. The molecule has 0 radical (unpaired) electrons. The summed E-state index contributed by atoms with van der Waals surface area (Å²) in [5.41, 5.74) is 0.296. The van der Waals surface area contributed by atoms with Crippen LogP contribution in [0.5, 0.6) is 0 Å². The van der Waals surface area contributed by atoms with Crippen LogP contribution in [-0.4, -0.2) is 18.1 Å². The van der Waals surface area contributed by atoms with Gasteiger partial charge >= 0.3 is 5.92 Å². The highest BCUT2D eigenvalue weighted by Gasteiger charge is 2.34. The normalized spacial score (nSPS) is 22.3. The summed E-state index contributed by atoms with van der Waals surface area (Å²) < 4.78 is 31.3. The second kappa shape index (κ2) is 3.56. The van der Waals surface area contributed by atoms with Gasteiger partial charge in [0.1, 0.15) is 0 Å². The van der Waals surface area contributed by atoms with Crippen molar-refractivity contribution in [2.24, 2.45) is 0 Å². The number of rotatable bonds is 2. The van der Waals surface area contributed by atoms with E-state index in [1.54, 1.807) is 6.92 Å². The Balaban J connectivity index is 2.28. The molecule has 1 fully saturated rings. The highest BCUT2D eigenvalue weighted by Crippen LogP contribution is 2.33. The Morgan fingerprint density at radius 3 is 2.73 bits per heavy atom. The quantitative estimate of drug-likeness (QED) is 0.823. The number of aryl methyl sites for hydroxylation is 1. The summed E-state index contributed by atoms with van der Waals surface area (Å²) in [6.45, 7) is 4.04. The molecule has 0 saturated carbocycles. The lowest BCUT2D eigenvalue weighted by Gasteiger charge is -2.06. The molecule has 1 N–H and O–H groups in total. The summed E-state index contributed by atoms with van der Waals surface area (Å²) in [6, 6.07) is 0. The molecule has 2 rings (SSSR count). The maximum absolute atomic E-state index is 13.1. The first-order chi connectivity index (χ1) is 6.98. The van der Waals surface area contributed by atoms with E-state index in [1.807, 2.05) is 0 Å². The molecule has 5 heteroatoms. The Labute approximate surface area is 86.9 Å². The number of halogens is 2. The largest absolute Gasteiger partial charge is 0.439 e. The summed E-state index contributed by atoms with van der Waals surface area (Å²) in [4.78, 5) is 4.07. The van der Waals surface area contributed by atoms with E-state index in [9.17, 15) is 8.78 Å². The number of alkyl halides is 2. The van der Waals surface area contributed by atoms with E-state index < -0.39 is 5.92 Å². The van der Waals surface area contributed by atoms with Crippen molar-refractivity contribution >= 4 is 0 Å². The molecular weight excluding hydrogens is 202 g/mol. The molecule has 0 spiro atoms. The molecule has 3 nitrogen and oxygen atoms in total. The number of aromatic nitrogens is 1. The van der Waals surface area contributed by atoms with Gasteiger partial charge in [0, 0.05) is 19.4 Å². The standard InChI is InChI=1S/C10H14F2N2O/c1-6-8(10(2,11)12)15-9(14-6)7-3-4-13-5-7/h7,13H,3-5H2,1-2H3. The molecule has 84 valence electrons. The van der Waals surface area contributed by atoms with E-state index in [-0.39, 0.29) is 11.7 Å². The lowest BCUT2D eigenvalue weighted by atomic mass is 10.1. The Bertz CT molecular complexity index is 351. The Morgan fingerprint density at radius 2 is 2.27 bits per heavy atom. The van der Waals surface area contributed by atoms with Crippen LogP contribution in [0.25, 0.3) is 0 Å². The van der Waals surface area contributed by atoms with E-state index in [4.69, 9.17) is 4.42 Å². The second-order valence-electron chi connectivity index (χ2n) is 4.04. The van der Waals surface area contributed by atoms with Crippen LogP contribution in [0.4, 0.5) is 8.78 Å². The fraction of sp³-hybridized carbons (Fsp3) is 0.700. The average molecular weight is 216 g/mol. The van der Waals surface area contributed by atoms with Gasteiger partial charge in [0.15, 0.2) is 11.7 Å². The predicted octanol–water partition coefficient (Wildman–Crippen LogP) is 2.17. The lowest BCUT2D eigenvalue weighted by Crippen LogP contribution is -2.08. The van der Waals surface area contributed by atoms with Crippen molar-refractivity contribution in [2.45, 2.75) is 32.1 Å². The average Bonchev–Trinajstić information content (AvgIpc) is 2.68. The minimum Gasteiger partial charge on any atom is -0.439 e. The van der Waals surface area contributed by atoms with Crippen molar-refractivity contribution in [3.8, 4) is 0 Å². The van der Waals surface area contributed by atoms with Crippen LogP contribution in [0.3, 0.4) is 0 Å². The second-order valence-corrected chi connectivity index (χ2v) is 4.04. The minimum atomic E-state index is -2.94. The summed E-state index contributed by atoms with van der Waals surface area (Å²) in [7, 11) is 0. The van der Waals surface area contributed by atoms with Crippen LogP contribution < -0.4 is 5.32 Å². The van der Waals surface area contributed by atoms with Crippen molar-refractivity contribution in [1.82, 2.24) is 10.3 Å². The topological polar surface area (TPSA) is 38.1 Å². The SMILES string of the molecule is Cc1nc(C2CCNC2)oc1C(C)(F)F. The van der Waals surface area contributed by atoms with E-state index in [0.29, 0.717) is 11.6 Å². The lowest BCUT2D eigenvalue weighted by molar-refractivity contribution is -0.00727. The van der Waals surface area contributed by atoms with Crippen LogP contribution in [0.1, 0.15) is 36.6 Å². The van der Waals surface area contributed by atoms with E-state index in [0.717, 1.165) is 26.4 Å². The van der Waals surface area contributed by atoms with Crippen molar-refractivity contribution < 1.29 is 13.2 Å². The van der Waals surface area contributed by atoms with Crippen molar-refractivity contribution in [2.75, 3.05) is 13.1 Å². The molecule has 0 aromatic carbocycles. The smallest absolute Gasteiger partial charge is 0.303 e. The molecule has 2 heterocycles. The summed E-state index contributed by atoms with van der Waals surface area (Å²) in [6.07, 6.45) is 0.897. The molecule has 1 aliphatic heterocycles. The van der Waals surface area contributed by atoms with Gasteiger partial charge in [0.25, 0.3) is 0 Å². The van der Waals surface area contributed by atoms with E-state index in [2.05, 4.69) is 10.3 Å². The van der Waals surface area contributed by atoms with E-state index in [1.165, 1.54) is 0 Å². The van der Waals surface area contributed by atoms with Gasteiger partial charge in [-0.3, -0.25) is 0 Å². The predicted molar refractivity (Wildman–Crippen MR) is 51.0 cm³/mol. The first-order valence-corrected chi connectivity index (χ1v) is 5.05. The monoisotopic (exact) mass is 216 g/mol. The molecule has 0 aliphatic carbocycles. The number of nitrogens with one attached hydrogen (secondary N) is 1. The number of nitrogens with zero attached hydrogens (tertiary/aromatic N) is 1. The Hall–Kier alpha value is -0.970. The molecule has 1 atom stereocenters. The number of oxazole rings is 1. The third-order valence-electron chi connectivity index (χ3n) is 2.62. The molecule has 1 aliphatic rings. The van der Waals surface area contributed by atoms with Gasteiger partial charge in [-0.1, -0.05) is 0 Å². The maximum Gasteiger partial charge on any atom is 0.303 e. The third-order valence-corrected chi connectivity index (χ3v) is 2.62. The number of hydrogen-bond donors (Lipinski definition) is 1. The Kier molecular flexibility index (Phi) is 2.50. The maximum atomic E-state index is 13.1. The van der Waals surface area contributed by atoms with Crippen molar-refractivity contribution in [3.05, 3.63) is 17.3 Å². The van der Waals surface area contributed by atoms with Crippen LogP contribution in [0.15, 0.2) is 4.42 Å². The first-order valence-electron chi connectivity index (χ1n) is 5.05.